The number of aromatic nitrogens is 2. The molecule has 0 aliphatic carbocycles. The van der Waals surface area contributed by atoms with Gasteiger partial charge in [-0.15, -0.1) is 11.3 Å². The van der Waals surface area contributed by atoms with Gasteiger partial charge in [0.2, 0.25) is 0 Å². The van der Waals surface area contributed by atoms with Crippen LogP contribution in [0.15, 0.2) is 41.8 Å². The van der Waals surface area contributed by atoms with Crippen LogP contribution in [0.4, 0.5) is 5.69 Å². The Morgan fingerprint density at radius 2 is 2.09 bits per heavy atom. The fourth-order valence-corrected chi connectivity index (χ4v) is 2.93. The third-order valence-electron chi connectivity index (χ3n) is 3.54. The van der Waals surface area contributed by atoms with Crippen molar-refractivity contribution in [1.29, 1.82) is 0 Å². The SMILES string of the molecule is CCc1[nH]nc(-c2ccc(OC)cc2)c1NC(=O)c1cccs1. The lowest BCUT2D eigenvalue weighted by atomic mass is 10.1. The van der Waals surface area contributed by atoms with Gasteiger partial charge in [0.15, 0.2) is 0 Å². The smallest absolute Gasteiger partial charge is 0.265 e. The minimum Gasteiger partial charge on any atom is -0.497 e. The van der Waals surface area contributed by atoms with E-state index in [1.165, 1.54) is 11.3 Å². The number of hydrogen-bond acceptors (Lipinski definition) is 4. The molecule has 2 N–H and O–H groups in total. The Bertz CT molecular complexity index is 792. The number of H-pyrrole nitrogens is 1. The van der Waals surface area contributed by atoms with Crippen molar-refractivity contribution < 1.29 is 9.53 Å². The van der Waals surface area contributed by atoms with E-state index in [-0.39, 0.29) is 5.91 Å². The molecular formula is C17H17N3O2S. The summed E-state index contributed by atoms with van der Waals surface area (Å²) < 4.78 is 5.18. The normalized spacial score (nSPS) is 10.5. The Kier molecular flexibility index (Phi) is 4.43. The first-order valence-corrected chi connectivity index (χ1v) is 8.17. The summed E-state index contributed by atoms with van der Waals surface area (Å²) in [5.74, 6) is 0.662. The van der Waals surface area contributed by atoms with Crippen molar-refractivity contribution in [3.8, 4) is 17.0 Å². The van der Waals surface area contributed by atoms with E-state index in [9.17, 15) is 4.79 Å². The van der Waals surface area contributed by atoms with Crippen molar-refractivity contribution >= 4 is 22.9 Å². The van der Waals surface area contributed by atoms with Crippen molar-refractivity contribution in [2.45, 2.75) is 13.3 Å². The first-order chi connectivity index (χ1) is 11.2. The second kappa shape index (κ2) is 6.66. The molecule has 1 amide bonds. The van der Waals surface area contributed by atoms with E-state index in [1.807, 2.05) is 42.6 Å². The lowest BCUT2D eigenvalue weighted by Gasteiger charge is -2.07. The number of nitrogens with zero attached hydrogens (tertiary/aromatic N) is 1. The number of benzene rings is 1. The summed E-state index contributed by atoms with van der Waals surface area (Å²) in [6.07, 6.45) is 0.753. The molecule has 23 heavy (non-hydrogen) atoms. The topological polar surface area (TPSA) is 67.0 Å². The second-order valence-electron chi connectivity index (χ2n) is 4.94. The largest absolute Gasteiger partial charge is 0.497 e. The Morgan fingerprint density at radius 3 is 2.70 bits per heavy atom. The van der Waals surface area contributed by atoms with Gasteiger partial charge < -0.3 is 10.1 Å². The maximum absolute atomic E-state index is 12.4. The molecule has 1 aromatic carbocycles. The zero-order valence-corrected chi connectivity index (χ0v) is 13.7. The monoisotopic (exact) mass is 327 g/mol. The van der Waals surface area contributed by atoms with Crippen LogP contribution in [-0.2, 0) is 6.42 Å². The molecule has 0 aliphatic rings. The Hall–Kier alpha value is -2.60. The quantitative estimate of drug-likeness (QED) is 0.745. The molecule has 0 fully saturated rings. The van der Waals surface area contributed by atoms with Gasteiger partial charge in [-0.2, -0.15) is 5.10 Å². The molecular weight excluding hydrogens is 310 g/mol. The Balaban J connectivity index is 1.95. The summed E-state index contributed by atoms with van der Waals surface area (Å²) in [5, 5.41) is 12.2. The molecule has 6 heteroatoms. The van der Waals surface area contributed by atoms with Gasteiger partial charge in [-0.3, -0.25) is 9.89 Å². The zero-order chi connectivity index (χ0) is 16.2. The number of thiophene rings is 1. The van der Waals surface area contributed by atoms with E-state index in [0.717, 1.165) is 34.8 Å². The summed E-state index contributed by atoms with van der Waals surface area (Å²) in [5.41, 5.74) is 3.29. The number of methoxy groups -OCH3 is 1. The van der Waals surface area contributed by atoms with E-state index < -0.39 is 0 Å². The van der Waals surface area contributed by atoms with Crippen molar-refractivity contribution in [1.82, 2.24) is 10.2 Å². The standard InChI is InChI=1S/C17H17N3O2S/c1-3-13-16(18-17(21)14-5-4-10-23-14)15(20-19-13)11-6-8-12(22-2)9-7-11/h4-10H,3H2,1-2H3,(H,18,21)(H,19,20). The van der Waals surface area contributed by atoms with Crippen LogP contribution in [0.5, 0.6) is 5.75 Å². The van der Waals surface area contributed by atoms with Gasteiger partial charge in [-0.05, 0) is 42.1 Å². The average molecular weight is 327 g/mol. The van der Waals surface area contributed by atoms with Crippen LogP contribution in [0.3, 0.4) is 0 Å². The van der Waals surface area contributed by atoms with Crippen LogP contribution in [0.2, 0.25) is 0 Å². The van der Waals surface area contributed by atoms with Gasteiger partial charge >= 0.3 is 0 Å². The Labute approximate surface area is 138 Å². The highest BCUT2D eigenvalue weighted by molar-refractivity contribution is 7.12. The van der Waals surface area contributed by atoms with Crippen LogP contribution >= 0.6 is 11.3 Å². The molecule has 5 nitrogen and oxygen atoms in total. The zero-order valence-electron chi connectivity index (χ0n) is 12.9. The molecule has 3 rings (SSSR count). The summed E-state index contributed by atoms with van der Waals surface area (Å²) in [6.45, 7) is 2.02. The highest BCUT2D eigenvalue weighted by atomic mass is 32.1. The van der Waals surface area contributed by atoms with Gasteiger partial charge in [0, 0.05) is 5.56 Å². The molecule has 2 aromatic heterocycles. The summed E-state index contributed by atoms with van der Waals surface area (Å²) in [6, 6.07) is 11.3. The van der Waals surface area contributed by atoms with Gasteiger partial charge in [0.05, 0.1) is 23.4 Å². The van der Waals surface area contributed by atoms with E-state index in [1.54, 1.807) is 13.2 Å². The predicted molar refractivity (Wildman–Crippen MR) is 92.2 cm³/mol. The number of hydrogen-bond donors (Lipinski definition) is 2. The average Bonchev–Trinajstić information content (AvgIpc) is 3.24. The van der Waals surface area contributed by atoms with E-state index in [2.05, 4.69) is 15.5 Å². The van der Waals surface area contributed by atoms with E-state index >= 15 is 0 Å². The number of amides is 1. The number of aromatic amines is 1. The molecule has 0 atom stereocenters. The van der Waals surface area contributed by atoms with E-state index in [0.29, 0.717) is 4.88 Å². The molecule has 0 spiro atoms. The fourth-order valence-electron chi connectivity index (χ4n) is 2.31. The molecule has 0 aliphatic heterocycles. The van der Waals surface area contributed by atoms with Gasteiger partial charge in [-0.25, -0.2) is 0 Å². The maximum atomic E-state index is 12.4. The molecule has 118 valence electrons. The first kappa shape index (κ1) is 15.3. The molecule has 0 unspecified atom stereocenters. The van der Waals surface area contributed by atoms with Crippen LogP contribution in [0, 0.1) is 0 Å². The first-order valence-electron chi connectivity index (χ1n) is 7.29. The second-order valence-corrected chi connectivity index (χ2v) is 5.89. The molecule has 0 saturated heterocycles. The number of anilines is 1. The minimum atomic E-state index is -0.120. The highest BCUT2D eigenvalue weighted by Gasteiger charge is 2.17. The van der Waals surface area contributed by atoms with Crippen LogP contribution < -0.4 is 10.1 Å². The highest BCUT2D eigenvalue weighted by Crippen LogP contribution is 2.31. The fraction of sp³-hybridized carbons (Fsp3) is 0.176. The third-order valence-corrected chi connectivity index (χ3v) is 4.41. The van der Waals surface area contributed by atoms with Gasteiger partial charge in [0.1, 0.15) is 11.4 Å². The predicted octanol–water partition coefficient (Wildman–Crippen LogP) is 3.96. The summed E-state index contributed by atoms with van der Waals surface area (Å²) in [7, 11) is 1.63. The Morgan fingerprint density at radius 1 is 1.30 bits per heavy atom. The third kappa shape index (κ3) is 3.12. The number of carbonyl (C=O) groups excluding carboxylic acids is 1. The van der Waals surface area contributed by atoms with Gasteiger partial charge in [0.25, 0.3) is 5.91 Å². The van der Waals surface area contributed by atoms with Gasteiger partial charge in [-0.1, -0.05) is 13.0 Å². The minimum absolute atomic E-state index is 0.120. The lowest BCUT2D eigenvalue weighted by Crippen LogP contribution is -2.11. The van der Waals surface area contributed by atoms with Crippen LogP contribution in [0.25, 0.3) is 11.3 Å². The number of rotatable bonds is 5. The summed E-state index contributed by atoms with van der Waals surface area (Å²) >= 11 is 1.41. The van der Waals surface area contributed by atoms with Crippen molar-refractivity contribution in [2.75, 3.05) is 12.4 Å². The van der Waals surface area contributed by atoms with Crippen LogP contribution in [-0.4, -0.2) is 23.2 Å². The van der Waals surface area contributed by atoms with E-state index in [4.69, 9.17) is 4.74 Å². The molecule has 0 radical (unpaired) electrons. The molecule has 2 heterocycles. The van der Waals surface area contributed by atoms with Crippen molar-refractivity contribution in [3.63, 3.8) is 0 Å². The number of aryl methyl sites for hydroxylation is 1. The van der Waals surface area contributed by atoms with Crippen molar-refractivity contribution in [2.24, 2.45) is 0 Å². The van der Waals surface area contributed by atoms with Crippen LogP contribution in [0.1, 0.15) is 22.3 Å². The number of nitrogens with one attached hydrogen (secondary N) is 2. The maximum Gasteiger partial charge on any atom is 0.265 e. The summed E-state index contributed by atoms with van der Waals surface area (Å²) in [4.78, 5) is 13.0. The number of ether oxygens (including phenoxy) is 1. The molecule has 3 aromatic rings. The molecule has 0 bridgehead atoms. The lowest BCUT2D eigenvalue weighted by molar-refractivity contribution is 0.103. The number of carbonyl (C=O) groups is 1. The molecule has 0 saturated carbocycles. The van der Waals surface area contributed by atoms with Crippen molar-refractivity contribution in [3.05, 3.63) is 52.3 Å².